The molecule has 0 amide bonds. The summed E-state index contributed by atoms with van der Waals surface area (Å²) in [6.45, 7) is 1.59. The number of rotatable bonds is 6. The predicted octanol–water partition coefficient (Wildman–Crippen LogP) is 2.70. The third-order valence-electron chi connectivity index (χ3n) is 2.97. The largest absolute Gasteiger partial charge is 0.395 e. The second-order valence-electron chi connectivity index (χ2n) is 4.71. The van der Waals surface area contributed by atoms with Gasteiger partial charge in [-0.3, -0.25) is 0 Å². The lowest BCUT2D eigenvalue weighted by Crippen LogP contribution is -2.38. The van der Waals surface area contributed by atoms with Gasteiger partial charge in [0.2, 0.25) is 10.0 Å². The maximum Gasteiger partial charge on any atom is 0.250 e. The van der Waals surface area contributed by atoms with E-state index in [1.807, 2.05) is 37.3 Å². The lowest BCUT2D eigenvalue weighted by Gasteiger charge is -2.15. The Kier molecular flexibility index (Phi) is 5.56. The number of aliphatic hydroxyl groups excluding tert-OH is 1. The van der Waals surface area contributed by atoms with Crippen LogP contribution < -0.4 is 4.72 Å². The first kappa shape index (κ1) is 16.6. The van der Waals surface area contributed by atoms with Gasteiger partial charge in [-0.05, 0) is 46.5 Å². The number of halogens is 1. The quantitative estimate of drug-likeness (QED) is 0.797. The number of sulfonamides is 1. The average molecular weight is 390 g/mol. The lowest BCUT2D eigenvalue weighted by molar-refractivity contribution is 0.256. The average Bonchev–Trinajstić information content (AvgIpc) is 2.80. The summed E-state index contributed by atoms with van der Waals surface area (Å²) >= 11 is 4.49. The van der Waals surface area contributed by atoms with E-state index in [0.29, 0.717) is 6.42 Å². The molecular weight excluding hydrogens is 374 g/mol. The fourth-order valence-electron chi connectivity index (χ4n) is 1.88. The Morgan fingerprint density at radius 3 is 2.52 bits per heavy atom. The van der Waals surface area contributed by atoms with E-state index in [1.54, 1.807) is 6.07 Å². The molecule has 1 unspecified atom stereocenters. The molecule has 7 heteroatoms. The third kappa shape index (κ3) is 4.37. The zero-order valence-corrected chi connectivity index (χ0v) is 14.6. The molecule has 0 aliphatic heterocycles. The minimum atomic E-state index is -3.61. The second kappa shape index (κ2) is 7.02. The predicted molar refractivity (Wildman–Crippen MR) is 88.1 cm³/mol. The lowest BCUT2D eigenvalue weighted by atomic mass is 10.1. The first-order chi connectivity index (χ1) is 9.92. The fourth-order valence-corrected chi connectivity index (χ4v) is 5.35. The van der Waals surface area contributed by atoms with Gasteiger partial charge in [-0.2, -0.15) is 0 Å². The molecule has 1 atom stereocenters. The van der Waals surface area contributed by atoms with Crippen LogP contribution in [0.5, 0.6) is 0 Å². The summed E-state index contributed by atoms with van der Waals surface area (Å²) in [5, 5.41) is 9.42. The van der Waals surface area contributed by atoms with Gasteiger partial charge in [0.05, 0.1) is 10.4 Å². The number of hydrogen-bond acceptors (Lipinski definition) is 4. The van der Waals surface area contributed by atoms with Crippen molar-refractivity contribution in [3.8, 4) is 0 Å². The minimum Gasteiger partial charge on any atom is -0.395 e. The van der Waals surface area contributed by atoms with Crippen molar-refractivity contribution < 1.29 is 13.5 Å². The number of thiophene rings is 1. The van der Waals surface area contributed by atoms with Crippen molar-refractivity contribution in [2.75, 3.05) is 6.61 Å². The molecule has 1 aromatic carbocycles. The maximum absolute atomic E-state index is 12.3. The standard InChI is InChI=1S/C14H16BrNO3S2/c1-10-7-13(20-14(10)15)21(18,19)16-12(9-17)8-11-5-3-2-4-6-11/h2-7,12,16-17H,8-9H2,1H3. The highest BCUT2D eigenvalue weighted by molar-refractivity contribution is 9.11. The molecule has 0 bridgehead atoms. The van der Waals surface area contributed by atoms with Gasteiger partial charge in [0.25, 0.3) is 0 Å². The first-order valence-electron chi connectivity index (χ1n) is 6.35. The minimum absolute atomic E-state index is 0.249. The van der Waals surface area contributed by atoms with E-state index >= 15 is 0 Å². The summed E-state index contributed by atoms with van der Waals surface area (Å²) in [7, 11) is -3.61. The molecule has 114 valence electrons. The van der Waals surface area contributed by atoms with E-state index in [-0.39, 0.29) is 10.8 Å². The Morgan fingerprint density at radius 1 is 1.33 bits per heavy atom. The summed E-state index contributed by atoms with van der Waals surface area (Å²) in [4.78, 5) is 0. The van der Waals surface area contributed by atoms with Gasteiger partial charge >= 0.3 is 0 Å². The molecule has 0 aliphatic carbocycles. The van der Waals surface area contributed by atoms with Crippen LogP contribution in [-0.2, 0) is 16.4 Å². The van der Waals surface area contributed by atoms with Gasteiger partial charge in [0.15, 0.2) is 0 Å². The van der Waals surface area contributed by atoms with Gasteiger partial charge in [0.1, 0.15) is 4.21 Å². The van der Waals surface area contributed by atoms with Crippen LogP contribution in [0.3, 0.4) is 0 Å². The van der Waals surface area contributed by atoms with E-state index in [4.69, 9.17) is 0 Å². The molecule has 4 nitrogen and oxygen atoms in total. The van der Waals surface area contributed by atoms with Gasteiger partial charge in [-0.1, -0.05) is 30.3 Å². The number of hydrogen-bond donors (Lipinski definition) is 2. The molecule has 0 radical (unpaired) electrons. The first-order valence-corrected chi connectivity index (χ1v) is 9.44. The molecule has 0 saturated carbocycles. The Labute approximate surface area is 137 Å². The van der Waals surface area contributed by atoms with Crippen LogP contribution in [0.25, 0.3) is 0 Å². The Morgan fingerprint density at radius 2 is 2.00 bits per heavy atom. The van der Waals surface area contributed by atoms with Crippen LogP contribution in [0.15, 0.2) is 44.4 Å². The molecule has 1 aromatic heterocycles. The van der Waals surface area contributed by atoms with Crippen molar-refractivity contribution in [3.63, 3.8) is 0 Å². The molecular formula is C14H16BrNO3S2. The fraction of sp³-hybridized carbons (Fsp3) is 0.286. The molecule has 0 spiro atoms. The molecule has 0 aliphatic rings. The highest BCUT2D eigenvalue weighted by Crippen LogP contribution is 2.30. The van der Waals surface area contributed by atoms with E-state index in [1.165, 1.54) is 0 Å². The van der Waals surface area contributed by atoms with Crippen molar-refractivity contribution in [1.29, 1.82) is 0 Å². The van der Waals surface area contributed by atoms with Crippen LogP contribution >= 0.6 is 27.3 Å². The maximum atomic E-state index is 12.3. The molecule has 2 N–H and O–H groups in total. The van der Waals surface area contributed by atoms with E-state index in [2.05, 4.69) is 20.7 Å². The zero-order chi connectivity index (χ0) is 15.5. The van der Waals surface area contributed by atoms with Crippen LogP contribution in [-0.4, -0.2) is 26.2 Å². The van der Waals surface area contributed by atoms with Crippen molar-refractivity contribution >= 4 is 37.3 Å². The summed E-state index contributed by atoms with van der Waals surface area (Å²) in [6.07, 6.45) is 0.447. The van der Waals surface area contributed by atoms with Crippen molar-refractivity contribution in [2.45, 2.75) is 23.6 Å². The van der Waals surface area contributed by atoms with Crippen molar-refractivity contribution in [1.82, 2.24) is 4.72 Å². The molecule has 2 aromatic rings. The zero-order valence-electron chi connectivity index (χ0n) is 11.4. The van der Waals surface area contributed by atoms with Gasteiger partial charge < -0.3 is 5.11 Å². The van der Waals surface area contributed by atoms with Gasteiger partial charge in [0, 0.05) is 6.04 Å². The monoisotopic (exact) mass is 389 g/mol. The Balaban J connectivity index is 2.14. The summed E-state index contributed by atoms with van der Waals surface area (Å²) < 4.78 is 28.3. The number of aryl methyl sites for hydroxylation is 1. The van der Waals surface area contributed by atoms with Crippen LogP contribution in [0.4, 0.5) is 0 Å². The summed E-state index contributed by atoms with van der Waals surface area (Å²) in [5.74, 6) is 0. The third-order valence-corrected chi connectivity index (χ3v) is 7.10. The van der Waals surface area contributed by atoms with E-state index < -0.39 is 16.1 Å². The van der Waals surface area contributed by atoms with Crippen molar-refractivity contribution in [2.24, 2.45) is 0 Å². The molecule has 0 fully saturated rings. The highest BCUT2D eigenvalue weighted by atomic mass is 79.9. The summed E-state index contributed by atoms with van der Waals surface area (Å²) in [5.41, 5.74) is 1.85. The Hall–Kier alpha value is -0.730. The highest BCUT2D eigenvalue weighted by Gasteiger charge is 2.22. The molecule has 21 heavy (non-hydrogen) atoms. The number of benzene rings is 1. The SMILES string of the molecule is Cc1cc(S(=O)(=O)NC(CO)Cc2ccccc2)sc1Br. The van der Waals surface area contributed by atoms with Crippen molar-refractivity contribution in [3.05, 3.63) is 51.3 Å². The Bertz CT molecular complexity index is 679. The van der Waals surface area contributed by atoms with Crippen LogP contribution in [0, 0.1) is 6.92 Å². The molecule has 1 heterocycles. The topological polar surface area (TPSA) is 66.4 Å². The van der Waals surface area contributed by atoms with Crippen LogP contribution in [0.2, 0.25) is 0 Å². The van der Waals surface area contributed by atoms with E-state index in [0.717, 1.165) is 26.3 Å². The normalized spacial score (nSPS) is 13.3. The van der Waals surface area contributed by atoms with Crippen LogP contribution in [0.1, 0.15) is 11.1 Å². The smallest absolute Gasteiger partial charge is 0.250 e. The second-order valence-corrected chi connectivity index (χ2v) is 9.02. The number of nitrogens with one attached hydrogen (secondary N) is 1. The molecule has 0 saturated heterocycles. The molecule has 2 rings (SSSR count). The number of aliphatic hydroxyl groups is 1. The van der Waals surface area contributed by atoms with Gasteiger partial charge in [-0.15, -0.1) is 11.3 Å². The van der Waals surface area contributed by atoms with E-state index in [9.17, 15) is 13.5 Å². The summed E-state index contributed by atoms with van der Waals surface area (Å²) in [6, 6.07) is 10.6. The van der Waals surface area contributed by atoms with Gasteiger partial charge in [-0.25, -0.2) is 13.1 Å².